The molecule has 2 aromatic rings. The molecule has 0 aromatic heterocycles. The minimum Gasteiger partial charge on any atom is -0.340 e. The number of likely N-dealkylation sites (N-methyl/N-ethyl adjacent to an activating group) is 1. The Bertz CT molecular complexity index is 901. The lowest BCUT2D eigenvalue weighted by Crippen LogP contribution is -2.49. The van der Waals surface area contributed by atoms with Crippen molar-refractivity contribution in [2.75, 3.05) is 17.6 Å². The monoisotopic (exact) mass is 428 g/mol. The molecule has 0 heterocycles. The summed E-state index contributed by atoms with van der Waals surface area (Å²) in [6.07, 6.45) is 1.41. The number of hydrogen-bond acceptors (Lipinski definition) is 3. The van der Waals surface area contributed by atoms with Crippen molar-refractivity contribution in [2.45, 2.75) is 25.9 Å². The molecule has 2 rings (SSSR count). The Kier molecular flexibility index (Phi) is 7.14. The molecule has 0 radical (unpaired) electrons. The summed E-state index contributed by atoms with van der Waals surface area (Å²) < 4.78 is 26.1. The quantitative estimate of drug-likeness (QED) is 0.663. The second-order valence-corrected chi connectivity index (χ2v) is 9.02. The lowest BCUT2D eigenvalue weighted by atomic mass is 10.1. The largest absolute Gasteiger partial charge is 0.340 e. The Morgan fingerprint density at radius 2 is 1.70 bits per heavy atom. The van der Waals surface area contributed by atoms with E-state index < -0.39 is 16.1 Å². The molecule has 0 aliphatic rings. The van der Waals surface area contributed by atoms with Gasteiger partial charge in [0.15, 0.2) is 0 Å². The van der Waals surface area contributed by atoms with Gasteiger partial charge in [-0.2, -0.15) is 0 Å². The van der Waals surface area contributed by atoms with Gasteiger partial charge in [-0.15, -0.1) is 0 Å². The van der Waals surface area contributed by atoms with Crippen LogP contribution in [0.3, 0.4) is 0 Å². The van der Waals surface area contributed by atoms with E-state index in [1.807, 2.05) is 12.1 Å². The van der Waals surface area contributed by atoms with E-state index in [0.29, 0.717) is 28.7 Å². The number of nitrogens with zero attached hydrogens (tertiary/aromatic N) is 2. The molecule has 0 saturated carbocycles. The van der Waals surface area contributed by atoms with E-state index in [2.05, 4.69) is 0 Å². The van der Waals surface area contributed by atoms with Crippen molar-refractivity contribution in [2.24, 2.45) is 0 Å². The van der Waals surface area contributed by atoms with Gasteiger partial charge < -0.3 is 4.90 Å². The van der Waals surface area contributed by atoms with Gasteiger partial charge in [-0.1, -0.05) is 48.3 Å². The average molecular weight is 429 g/mol. The van der Waals surface area contributed by atoms with Crippen molar-refractivity contribution in [1.82, 2.24) is 4.90 Å². The predicted molar refractivity (Wildman–Crippen MR) is 111 cm³/mol. The van der Waals surface area contributed by atoms with Gasteiger partial charge in [0.2, 0.25) is 15.9 Å². The molecule has 0 unspecified atom stereocenters. The molecule has 0 spiro atoms. The van der Waals surface area contributed by atoms with Crippen LogP contribution in [-0.2, 0) is 21.4 Å². The maximum Gasteiger partial charge on any atom is 0.246 e. The third-order valence-electron chi connectivity index (χ3n) is 4.08. The zero-order valence-corrected chi connectivity index (χ0v) is 17.7. The number of anilines is 1. The summed E-state index contributed by atoms with van der Waals surface area (Å²) in [6, 6.07) is 12.8. The Balaban J connectivity index is 2.32. The molecule has 0 aliphatic heterocycles. The molecule has 0 bridgehead atoms. The highest BCUT2D eigenvalue weighted by Crippen LogP contribution is 2.26. The number of hydrogen-bond donors (Lipinski definition) is 0. The highest BCUT2D eigenvalue weighted by Gasteiger charge is 2.33. The fourth-order valence-corrected chi connectivity index (χ4v) is 4.36. The average Bonchev–Trinajstić information content (AvgIpc) is 2.59. The molecule has 0 saturated heterocycles. The van der Waals surface area contributed by atoms with E-state index in [4.69, 9.17) is 23.2 Å². The minimum absolute atomic E-state index is 0.294. The van der Waals surface area contributed by atoms with Crippen molar-refractivity contribution in [3.8, 4) is 0 Å². The van der Waals surface area contributed by atoms with Gasteiger partial charge in [-0.05, 0) is 42.3 Å². The van der Waals surface area contributed by atoms with E-state index in [1.165, 1.54) is 11.0 Å². The zero-order valence-electron chi connectivity index (χ0n) is 15.4. The summed E-state index contributed by atoms with van der Waals surface area (Å²) in [5.74, 6) is -0.294. The van der Waals surface area contributed by atoms with Gasteiger partial charge in [0.1, 0.15) is 6.04 Å². The molecule has 0 fully saturated rings. The number of rotatable bonds is 7. The number of halogens is 2. The molecular formula is C19H22Cl2N2O3S. The molecule has 8 heteroatoms. The standard InChI is InChI=1S/C19H22Cl2N2O3S/c1-4-18(19(24)22(2)13-14-8-10-15(20)11-9-14)23(27(3,25)26)17-7-5-6-16(21)12-17/h5-12,18H,4,13H2,1-3H3/t18-/m1/s1. The van der Waals surface area contributed by atoms with Gasteiger partial charge in [0.25, 0.3) is 0 Å². The summed E-state index contributed by atoms with van der Waals surface area (Å²) in [5, 5.41) is 1.02. The minimum atomic E-state index is -3.69. The third-order valence-corrected chi connectivity index (χ3v) is 5.75. The van der Waals surface area contributed by atoms with Crippen molar-refractivity contribution in [3.63, 3.8) is 0 Å². The van der Waals surface area contributed by atoms with Gasteiger partial charge in [0, 0.05) is 23.6 Å². The first-order chi connectivity index (χ1) is 12.6. The molecular weight excluding hydrogens is 407 g/mol. The van der Waals surface area contributed by atoms with Gasteiger partial charge in [-0.3, -0.25) is 9.10 Å². The van der Waals surface area contributed by atoms with Crippen LogP contribution in [0, 0.1) is 0 Å². The SMILES string of the molecule is CC[C@H](C(=O)N(C)Cc1ccc(Cl)cc1)N(c1cccc(Cl)c1)S(C)(=O)=O. The summed E-state index contributed by atoms with van der Waals surface area (Å²) >= 11 is 11.9. The Morgan fingerprint density at radius 1 is 1.07 bits per heavy atom. The number of benzene rings is 2. The van der Waals surface area contributed by atoms with E-state index in [1.54, 1.807) is 44.3 Å². The number of carbonyl (C=O) groups is 1. The van der Waals surface area contributed by atoms with Crippen molar-refractivity contribution in [3.05, 3.63) is 64.1 Å². The second-order valence-electron chi connectivity index (χ2n) is 6.28. The Labute approximate surface area is 170 Å². The maximum atomic E-state index is 13.1. The molecule has 1 amide bonds. The lowest BCUT2D eigenvalue weighted by Gasteiger charge is -2.33. The lowest BCUT2D eigenvalue weighted by molar-refractivity contribution is -0.131. The van der Waals surface area contributed by atoms with Gasteiger partial charge in [0.05, 0.1) is 11.9 Å². The van der Waals surface area contributed by atoms with Crippen molar-refractivity contribution < 1.29 is 13.2 Å². The maximum absolute atomic E-state index is 13.1. The third kappa shape index (κ3) is 5.61. The molecule has 1 atom stereocenters. The first-order valence-electron chi connectivity index (χ1n) is 8.38. The molecule has 0 aliphatic carbocycles. The van der Waals surface area contributed by atoms with Crippen LogP contribution in [0.4, 0.5) is 5.69 Å². The Hall–Kier alpha value is -1.76. The van der Waals surface area contributed by atoms with Crippen molar-refractivity contribution >= 4 is 44.8 Å². The fraction of sp³-hybridized carbons (Fsp3) is 0.316. The van der Waals surface area contributed by atoms with Gasteiger partial charge in [-0.25, -0.2) is 8.42 Å². The zero-order chi connectivity index (χ0) is 20.2. The number of sulfonamides is 1. The van der Waals surface area contributed by atoms with E-state index in [9.17, 15) is 13.2 Å². The number of amides is 1. The normalized spacial score (nSPS) is 12.5. The number of carbonyl (C=O) groups excluding carboxylic acids is 1. The fourth-order valence-electron chi connectivity index (χ4n) is 2.85. The van der Waals surface area contributed by atoms with Crippen LogP contribution >= 0.6 is 23.2 Å². The molecule has 146 valence electrons. The first kappa shape index (κ1) is 21.5. The molecule has 0 N–H and O–H groups in total. The van der Waals surface area contributed by atoms with Gasteiger partial charge >= 0.3 is 0 Å². The van der Waals surface area contributed by atoms with Crippen LogP contribution < -0.4 is 4.31 Å². The van der Waals surface area contributed by atoms with E-state index in [0.717, 1.165) is 16.1 Å². The summed E-state index contributed by atoms with van der Waals surface area (Å²) in [6.45, 7) is 2.13. The second kappa shape index (κ2) is 8.95. The smallest absolute Gasteiger partial charge is 0.246 e. The van der Waals surface area contributed by atoms with Crippen LogP contribution in [0.2, 0.25) is 10.0 Å². The first-order valence-corrected chi connectivity index (χ1v) is 11.0. The predicted octanol–water partition coefficient (Wildman–Crippen LogP) is 4.20. The molecule has 2 aromatic carbocycles. The van der Waals surface area contributed by atoms with Crippen LogP contribution in [-0.4, -0.2) is 38.6 Å². The van der Waals surface area contributed by atoms with E-state index in [-0.39, 0.29) is 5.91 Å². The van der Waals surface area contributed by atoms with E-state index >= 15 is 0 Å². The van der Waals surface area contributed by atoms with Crippen molar-refractivity contribution in [1.29, 1.82) is 0 Å². The summed E-state index contributed by atoms with van der Waals surface area (Å²) in [4.78, 5) is 14.6. The summed E-state index contributed by atoms with van der Waals surface area (Å²) in [7, 11) is -2.04. The highest BCUT2D eigenvalue weighted by atomic mass is 35.5. The van der Waals surface area contributed by atoms with Crippen LogP contribution in [0.25, 0.3) is 0 Å². The molecule has 5 nitrogen and oxygen atoms in total. The Morgan fingerprint density at radius 3 is 2.22 bits per heavy atom. The topological polar surface area (TPSA) is 57.7 Å². The van der Waals surface area contributed by atoms with Crippen LogP contribution in [0.5, 0.6) is 0 Å². The van der Waals surface area contributed by atoms with Crippen LogP contribution in [0.15, 0.2) is 48.5 Å². The highest BCUT2D eigenvalue weighted by molar-refractivity contribution is 7.92. The molecule has 27 heavy (non-hydrogen) atoms. The summed E-state index contributed by atoms with van der Waals surface area (Å²) in [5.41, 5.74) is 1.27. The van der Waals surface area contributed by atoms with Crippen LogP contribution in [0.1, 0.15) is 18.9 Å².